The van der Waals surface area contributed by atoms with Crippen LogP contribution in [-0.4, -0.2) is 24.3 Å². The number of ether oxygens (including phenoxy) is 2. The van der Waals surface area contributed by atoms with Gasteiger partial charge in [-0.15, -0.1) is 0 Å². The van der Waals surface area contributed by atoms with Gasteiger partial charge in [0.1, 0.15) is 11.5 Å². The third kappa shape index (κ3) is 4.01. The van der Waals surface area contributed by atoms with E-state index in [-0.39, 0.29) is 0 Å². The lowest BCUT2D eigenvalue weighted by Crippen LogP contribution is -2.29. The largest absolute Gasteiger partial charge is 0.497 e. The third-order valence-corrected chi connectivity index (χ3v) is 3.50. The Morgan fingerprint density at radius 2 is 1.77 bits per heavy atom. The Bertz CT molecular complexity index is 636. The van der Waals surface area contributed by atoms with Crippen molar-refractivity contribution in [2.75, 3.05) is 7.11 Å². The van der Waals surface area contributed by atoms with Crippen molar-refractivity contribution < 1.29 is 19.4 Å². The van der Waals surface area contributed by atoms with Crippen LogP contribution in [0.1, 0.15) is 18.1 Å². The lowest BCUT2D eigenvalue weighted by molar-refractivity contribution is -0.145. The number of carbonyl (C=O) groups is 1. The summed E-state index contributed by atoms with van der Waals surface area (Å²) in [5, 5.41) is 9.43. The van der Waals surface area contributed by atoms with Crippen molar-refractivity contribution >= 4 is 5.97 Å². The van der Waals surface area contributed by atoms with Crippen LogP contribution in [-0.2, 0) is 17.6 Å². The third-order valence-electron chi connectivity index (χ3n) is 3.50. The number of rotatable bonds is 7. The molecule has 2 rings (SSSR count). The van der Waals surface area contributed by atoms with E-state index in [1.54, 1.807) is 31.4 Å². The van der Waals surface area contributed by atoms with Crippen molar-refractivity contribution in [3.05, 3.63) is 59.7 Å². The van der Waals surface area contributed by atoms with E-state index in [0.717, 1.165) is 17.5 Å². The molecule has 0 saturated carbocycles. The Morgan fingerprint density at radius 1 is 1.09 bits per heavy atom. The number of hydrogen-bond acceptors (Lipinski definition) is 3. The topological polar surface area (TPSA) is 55.8 Å². The summed E-state index contributed by atoms with van der Waals surface area (Å²) in [6.45, 7) is 2.05. The standard InChI is InChI=1S/C18H20O4/c1-3-13-7-4-5-8-14(13)11-17(18(19)20)22-16-10-6-9-15(12-16)21-2/h4-10,12,17H,3,11H2,1-2H3,(H,19,20). The second-order valence-electron chi connectivity index (χ2n) is 4.95. The summed E-state index contributed by atoms with van der Waals surface area (Å²) in [6.07, 6.45) is 0.262. The first-order chi connectivity index (χ1) is 10.6. The molecule has 116 valence electrons. The highest BCUT2D eigenvalue weighted by Gasteiger charge is 2.21. The molecule has 0 radical (unpaired) electrons. The summed E-state index contributed by atoms with van der Waals surface area (Å²) in [5.74, 6) is 0.144. The number of aliphatic carboxylic acids is 1. The monoisotopic (exact) mass is 300 g/mol. The molecule has 0 saturated heterocycles. The number of carboxylic acid groups (broad SMARTS) is 1. The molecular formula is C18H20O4. The Balaban J connectivity index is 2.18. The van der Waals surface area contributed by atoms with E-state index >= 15 is 0 Å². The van der Waals surface area contributed by atoms with E-state index in [1.807, 2.05) is 24.3 Å². The molecule has 0 spiro atoms. The average Bonchev–Trinajstić information content (AvgIpc) is 2.54. The summed E-state index contributed by atoms with van der Waals surface area (Å²) >= 11 is 0. The fraction of sp³-hybridized carbons (Fsp3) is 0.278. The van der Waals surface area contributed by atoms with Gasteiger partial charge in [-0.2, -0.15) is 0 Å². The molecule has 0 amide bonds. The smallest absolute Gasteiger partial charge is 0.345 e. The van der Waals surface area contributed by atoms with Gasteiger partial charge in [0, 0.05) is 12.5 Å². The number of methoxy groups -OCH3 is 1. The Kier molecular flexibility index (Phi) is 5.42. The maximum Gasteiger partial charge on any atom is 0.345 e. The second kappa shape index (κ2) is 7.50. The molecule has 1 atom stereocenters. The fourth-order valence-electron chi connectivity index (χ4n) is 2.32. The molecule has 2 aromatic rings. The van der Waals surface area contributed by atoms with E-state index < -0.39 is 12.1 Å². The summed E-state index contributed by atoms with van der Waals surface area (Å²) in [5.41, 5.74) is 2.14. The molecule has 4 nitrogen and oxygen atoms in total. The van der Waals surface area contributed by atoms with Crippen LogP contribution in [0.25, 0.3) is 0 Å². The molecule has 0 heterocycles. The van der Waals surface area contributed by atoms with Crippen LogP contribution in [0.3, 0.4) is 0 Å². The minimum atomic E-state index is -0.978. The molecule has 0 bridgehead atoms. The molecule has 0 aliphatic carbocycles. The van der Waals surface area contributed by atoms with Crippen LogP contribution >= 0.6 is 0 Å². The predicted octanol–water partition coefficient (Wildman–Crippen LogP) is 3.33. The van der Waals surface area contributed by atoms with Gasteiger partial charge >= 0.3 is 5.97 Å². The first-order valence-corrected chi connectivity index (χ1v) is 7.24. The quantitative estimate of drug-likeness (QED) is 0.852. The highest BCUT2D eigenvalue weighted by atomic mass is 16.5. The number of carboxylic acids is 1. The highest BCUT2D eigenvalue weighted by molar-refractivity contribution is 5.73. The van der Waals surface area contributed by atoms with Gasteiger partial charge in [0.15, 0.2) is 6.10 Å². The molecule has 1 N–H and O–H groups in total. The summed E-state index contributed by atoms with van der Waals surface area (Å²) in [6, 6.07) is 14.8. The van der Waals surface area contributed by atoms with Crippen molar-refractivity contribution in [1.82, 2.24) is 0 Å². The van der Waals surface area contributed by atoms with Crippen molar-refractivity contribution in [2.45, 2.75) is 25.9 Å². The van der Waals surface area contributed by atoms with E-state index in [9.17, 15) is 9.90 Å². The van der Waals surface area contributed by atoms with Gasteiger partial charge in [-0.3, -0.25) is 0 Å². The van der Waals surface area contributed by atoms with Crippen LogP contribution < -0.4 is 9.47 Å². The average molecular weight is 300 g/mol. The molecule has 0 fully saturated rings. The van der Waals surface area contributed by atoms with E-state index in [1.165, 1.54) is 0 Å². The zero-order valence-electron chi connectivity index (χ0n) is 12.8. The van der Waals surface area contributed by atoms with Crippen LogP contribution in [0.4, 0.5) is 0 Å². The first kappa shape index (κ1) is 15.9. The Labute approximate surface area is 130 Å². The molecule has 0 aromatic heterocycles. The van der Waals surface area contributed by atoms with Gasteiger partial charge in [0.05, 0.1) is 7.11 Å². The van der Waals surface area contributed by atoms with Gasteiger partial charge in [-0.25, -0.2) is 4.79 Å². The zero-order chi connectivity index (χ0) is 15.9. The SMILES string of the molecule is CCc1ccccc1CC(Oc1cccc(OC)c1)C(=O)O. The molecule has 2 aromatic carbocycles. The molecule has 0 aliphatic rings. The summed E-state index contributed by atoms with van der Waals surface area (Å²) < 4.78 is 10.8. The lowest BCUT2D eigenvalue weighted by Gasteiger charge is -2.17. The minimum Gasteiger partial charge on any atom is -0.497 e. The van der Waals surface area contributed by atoms with E-state index in [4.69, 9.17) is 9.47 Å². The fourth-order valence-corrected chi connectivity index (χ4v) is 2.32. The van der Waals surface area contributed by atoms with Crippen LogP contribution in [0, 0.1) is 0 Å². The van der Waals surface area contributed by atoms with Crippen LogP contribution in [0.5, 0.6) is 11.5 Å². The highest BCUT2D eigenvalue weighted by Crippen LogP contribution is 2.22. The Hall–Kier alpha value is -2.49. The summed E-state index contributed by atoms with van der Waals surface area (Å²) in [4.78, 5) is 11.5. The van der Waals surface area contributed by atoms with Crippen molar-refractivity contribution in [3.63, 3.8) is 0 Å². The maximum atomic E-state index is 11.5. The Morgan fingerprint density at radius 3 is 2.41 bits per heavy atom. The minimum absolute atomic E-state index is 0.330. The second-order valence-corrected chi connectivity index (χ2v) is 4.95. The van der Waals surface area contributed by atoms with Crippen molar-refractivity contribution in [3.8, 4) is 11.5 Å². The van der Waals surface area contributed by atoms with Crippen molar-refractivity contribution in [2.24, 2.45) is 0 Å². The maximum absolute atomic E-state index is 11.5. The predicted molar refractivity (Wildman–Crippen MR) is 84.6 cm³/mol. The van der Waals surface area contributed by atoms with Gasteiger partial charge in [0.25, 0.3) is 0 Å². The molecule has 22 heavy (non-hydrogen) atoms. The van der Waals surface area contributed by atoms with Crippen molar-refractivity contribution in [1.29, 1.82) is 0 Å². The number of hydrogen-bond donors (Lipinski definition) is 1. The molecule has 1 unspecified atom stereocenters. The summed E-state index contributed by atoms with van der Waals surface area (Å²) in [7, 11) is 1.56. The first-order valence-electron chi connectivity index (χ1n) is 7.24. The molecule has 0 aliphatic heterocycles. The normalized spacial score (nSPS) is 11.7. The van der Waals surface area contributed by atoms with E-state index in [2.05, 4.69) is 6.92 Å². The zero-order valence-corrected chi connectivity index (χ0v) is 12.8. The van der Waals surface area contributed by atoms with Gasteiger partial charge in [0.2, 0.25) is 0 Å². The number of aryl methyl sites for hydroxylation is 1. The van der Waals surface area contributed by atoms with Gasteiger partial charge in [-0.1, -0.05) is 37.3 Å². The molecule has 4 heteroatoms. The molecular weight excluding hydrogens is 280 g/mol. The van der Waals surface area contributed by atoms with Crippen LogP contribution in [0.15, 0.2) is 48.5 Å². The lowest BCUT2D eigenvalue weighted by atomic mass is 10.00. The van der Waals surface area contributed by atoms with E-state index in [0.29, 0.717) is 17.9 Å². The van der Waals surface area contributed by atoms with Crippen LogP contribution in [0.2, 0.25) is 0 Å². The number of benzene rings is 2. The van der Waals surface area contributed by atoms with Gasteiger partial charge < -0.3 is 14.6 Å². The van der Waals surface area contributed by atoms with Gasteiger partial charge in [-0.05, 0) is 29.7 Å².